The molecule has 1 aromatic carbocycles. The summed E-state index contributed by atoms with van der Waals surface area (Å²) in [6, 6.07) is 7.72. The predicted octanol–water partition coefficient (Wildman–Crippen LogP) is 3.40. The van der Waals surface area contributed by atoms with E-state index in [0.29, 0.717) is 13.2 Å². The van der Waals surface area contributed by atoms with Crippen LogP contribution in [-0.4, -0.2) is 62.4 Å². The highest BCUT2D eigenvalue weighted by molar-refractivity contribution is 9.10. The second-order valence-electron chi connectivity index (χ2n) is 8.58. The number of nitrogens with one attached hydrogen (secondary N) is 2. The van der Waals surface area contributed by atoms with Crippen molar-refractivity contribution < 1.29 is 19.1 Å². The summed E-state index contributed by atoms with van der Waals surface area (Å²) >= 11 is 3.48. The molecule has 0 bridgehead atoms. The van der Waals surface area contributed by atoms with Gasteiger partial charge in [-0.15, -0.1) is 0 Å². The summed E-state index contributed by atoms with van der Waals surface area (Å²) in [5.74, 6) is 0.146. The minimum absolute atomic E-state index is 0.0255. The van der Waals surface area contributed by atoms with Crippen LogP contribution in [0.2, 0.25) is 0 Å². The van der Waals surface area contributed by atoms with Gasteiger partial charge in [-0.25, -0.2) is 4.79 Å². The number of halogens is 1. The number of likely N-dealkylation sites (tertiary alicyclic amines) is 1. The fourth-order valence-corrected chi connectivity index (χ4v) is 4.74. The zero-order valence-corrected chi connectivity index (χ0v) is 20.1. The molecule has 7 nitrogen and oxygen atoms in total. The Hall–Kier alpha value is -2.06. The molecule has 170 valence electrons. The van der Waals surface area contributed by atoms with Crippen molar-refractivity contribution in [2.24, 2.45) is 11.8 Å². The van der Waals surface area contributed by atoms with Crippen molar-refractivity contribution >= 4 is 33.6 Å². The van der Waals surface area contributed by atoms with Gasteiger partial charge in [0, 0.05) is 29.7 Å². The molecule has 4 atom stereocenters. The van der Waals surface area contributed by atoms with Gasteiger partial charge in [0.2, 0.25) is 5.91 Å². The molecule has 0 unspecified atom stereocenters. The van der Waals surface area contributed by atoms with Gasteiger partial charge in [0.1, 0.15) is 6.04 Å². The van der Waals surface area contributed by atoms with Gasteiger partial charge in [0.25, 0.3) is 0 Å². The highest BCUT2D eigenvalue weighted by Gasteiger charge is 2.43. The van der Waals surface area contributed by atoms with Crippen LogP contribution in [0.1, 0.15) is 32.3 Å². The van der Waals surface area contributed by atoms with Crippen molar-refractivity contribution in [3.63, 3.8) is 0 Å². The molecule has 2 N–H and O–H groups in total. The lowest BCUT2D eigenvalue weighted by molar-refractivity contribution is -0.135. The van der Waals surface area contributed by atoms with Gasteiger partial charge in [-0.1, -0.05) is 48.0 Å². The molecule has 31 heavy (non-hydrogen) atoms. The van der Waals surface area contributed by atoms with Crippen molar-refractivity contribution in [1.29, 1.82) is 0 Å². The second-order valence-corrected chi connectivity index (χ2v) is 9.50. The number of nitrogens with zero attached hydrogens (tertiary/aromatic N) is 1. The number of rotatable bonds is 7. The van der Waals surface area contributed by atoms with Crippen molar-refractivity contribution in [3.05, 3.63) is 40.4 Å². The van der Waals surface area contributed by atoms with E-state index in [0.717, 1.165) is 28.6 Å². The van der Waals surface area contributed by atoms with E-state index >= 15 is 0 Å². The van der Waals surface area contributed by atoms with E-state index in [9.17, 15) is 9.59 Å². The Morgan fingerprint density at radius 3 is 2.58 bits per heavy atom. The SMILES string of the molecule is COC[C@H]1C[C@@H]([C@H]2CC=C(c3ccc(Br)cc3)N2)N(C(=O)[C@@H](NC(=O)OC)C(C)C)C1. The Morgan fingerprint density at radius 1 is 1.26 bits per heavy atom. The third kappa shape index (κ3) is 5.60. The Morgan fingerprint density at radius 2 is 1.97 bits per heavy atom. The lowest BCUT2D eigenvalue weighted by Gasteiger charge is -2.34. The molecule has 2 amide bonds. The summed E-state index contributed by atoms with van der Waals surface area (Å²) in [6.07, 6.45) is 3.32. The molecule has 1 saturated heterocycles. The van der Waals surface area contributed by atoms with E-state index in [1.165, 1.54) is 7.11 Å². The van der Waals surface area contributed by atoms with Gasteiger partial charge in [0.15, 0.2) is 0 Å². The predicted molar refractivity (Wildman–Crippen MR) is 123 cm³/mol. The summed E-state index contributed by atoms with van der Waals surface area (Å²) in [7, 11) is 3.00. The van der Waals surface area contributed by atoms with E-state index < -0.39 is 12.1 Å². The summed E-state index contributed by atoms with van der Waals surface area (Å²) in [6.45, 7) is 5.08. The van der Waals surface area contributed by atoms with Crippen molar-refractivity contribution in [2.75, 3.05) is 27.4 Å². The molecule has 3 rings (SSSR count). The van der Waals surface area contributed by atoms with Crippen LogP contribution in [0.5, 0.6) is 0 Å². The highest BCUT2D eigenvalue weighted by atomic mass is 79.9. The molecule has 8 heteroatoms. The van der Waals surface area contributed by atoms with E-state index in [4.69, 9.17) is 9.47 Å². The third-order valence-electron chi connectivity index (χ3n) is 6.04. The smallest absolute Gasteiger partial charge is 0.407 e. The third-order valence-corrected chi connectivity index (χ3v) is 6.57. The van der Waals surface area contributed by atoms with Gasteiger partial charge < -0.3 is 25.0 Å². The number of hydrogen-bond donors (Lipinski definition) is 2. The highest BCUT2D eigenvalue weighted by Crippen LogP contribution is 2.32. The number of alkyl carbamates (subject to hydrolysis) is 1. The number of hydrogen-bond acceptors (Lipinski definition) is 5. The lowest BCUT2D eigenvalue weighted by Crippen LogP contribution is -2.55. The van der Waals surface area contributed by atoms with Gasteiger partial charge in [-0.05, 0) is 36.5 Å². The van der Waals surface area contributed by atoms with Gasteiger partial charge in [-0.2, -0.15) is 0 Å². The number of carbonyl (C=O) groups is 2. The van der Waals surface area contributed by atoms with Crippen LogP contribution in [0.25, 0.3) is 5.70 Å². The molecule has 0 aromatic heterocycles. The summed E-state index contributed by atoms with van der Waals surface area (Å²) < 4.78 is 11.2. The first kappa shape index (κ1) is 23.6. The van der Waals surface area contributed by atoms with Crippen LogP contribution >= 0.6 is 15.9 Å². The van der Waals surface area contributed by atoms with Crippen molar-refractivity contribution in [2.45, 2.75) is 44.8 Å². The number of benzene rings is 1. The molecule has 1 aromatic rings. The van der Waals surface area contributed by atoms with E-state index in [2.05, 4.69) is 44.8 Å². The van der Waals surface area contributed by atoms with Gasteiger partial charge in [-0.3, -0.25) is 4.79 Å². The molecular weight excluding hydrogens is 462 g/mol. The molecule has 2 aliphatic rings. The summed E-state index contributed by atoms with van der Waals surface area (Å²) in [5.41, 5.74) is 2.22. The molecule has 2 aliphatic heterocycles. The van der Waals surface area contributed by atoms with Crippen LogP contribution in [0.3, 0.4) is 0 Å². The molecule has 1 fully saturated rings. The number of amides is 2. The normalized spacial score (nSPS) is 24.0. The maximum Gasteiger partial charge on any atom is 0.407 e. The van der Waals surface area contributed by atoms with Crippen LogP contribution in [0.15, 0.2) is 34.8 Å². The number of ether oxygens (including phenoxy) is 2. The van der Waals surface area contributed by atoms with Gasteiger partial charge in [0.05, 0.1) is 25.8 Å². The quantitative estimate of drug-likeness (QED) is 0.608. The first-order valence-corrected chi connectivity index (χ1v) is 11.5. The Labute approximate surface area is 192 Å². The lowest BCUT2D eigenvalue weighted by atomic mass is 9.98. The minimum atomic E-state index is -0.628. The Balaban J connectivity index is 1.76. The Kier molecular flexibility index (Phi) is 8.00. The van der Waals surface area contributed by atoms with Crippen molar-refractivity contribution in [1.82, 2.24) is 15.5 Å². The monoisotopic (exact) mass is 493 g/mol. The second kappa shape index (κ2) is 10.5. The summed E-state index contributed by atoms with van der Waals surface area (Å²) in [5, 5.41) is 6.35. The molecular formula is C23H32BrN3O4. The number of carbonyl (C=O) groups excluding carboxylic acids is 2. The molecule has 0 spiro atoms. The van der Waals surface area contributed by atoms with Gasteiger partial charge >= 0.3 is 6.09 Å². The average Bonchev–Trinajstić information content (AvgIpc) is 3.39. The van der Waals surface area contributed by atoms with Crippen molar-refractivity contribution in [3.8, 4) is 0 Å². The number of methoxy groups -OCH3 is 2. The standard InChI is InChI=1S/C23H32BrN3O4/c1-14(2)21(26-23(29)31-4)22(28)27-12-15(13-30-3)11-20(27)19-10-9-18(25-19)16-5-7-17(24)8-6-16/h5-9,14-15,19-21,25H,10-13H2,1-4H3,(H,26,29)/t15-,19+,20-,21-/m0/s1. The minimum Gasteiger partial charge on any atom is -0.453 e. The van der Waals surface area contributed by atoms with E-state index in [-0.39, 0.29) is 29.8 Å². The molecule has 0 radical (unpaired) electrons. The zero-order chi connectivity index (χ0) is 22.5. The largest absolute Gasteiger partial charge is 0.453 e. The van der Waals surface area contributed by atoms with E-state index in [1.54, 1.807) is 7.11 Å². The van der Waals surface area contributed by atoms with Crippen LogP contribution in [0.4, 0.5) is 4.79 Å². The fourth-order valence-electron chi connectivity index (χ4n) is 4.47. The average molecular weight is 494 g/mol. The maximum absolute atomic E-state index is 13.5. The fraction of sp³-hybridized carbons (Fsp3) is 0.565. The topological polar surface area (TPSA) is 79.9 Å². The summed E-state index contributed by atoms with van der Waals surface area (Å²) in [4.78, 5) is 27.3. The molecule has 2 heterocycles. The van der Waals surface area contributed by atoms with E-state index in [1.807, 2.05) is 30.9 Å². The van der Waals surface area contributed by atoms with Crippen LogP contribution in [0, 0.1) is 11.8 Å². The Bertz CT molecular complexity index is 812. The molecule has 0 saturated carbocycles. The first-order chi connectivity index (χ1) is 14.8. The first-order valence-electron chi connectivity index (χ1n) is 10.7. The van der Waals surface area contributed by atoms with Crippen LogP contribution in [-0.2, 0) is 14.3 Å². The van der Waals surface area contributed by atoms with Crippen LogP contribution < -0.4 is 10.6 Å². The maximum atomic E-state index is 13.5. The zero-order valence-electron chi connectivity index (χ0n) is 18.6. The molecule has 0 aliphatic carbocycles.